The van der Waals surface area contributed by atoms with Crippen molar-refractivity contribution in [3.63, 3.8) is 0 Å². The van der Waals surface area contributed by atoms with Gasteiger partial charge >= 0.3 is 0 Å². The van der Waals surface area contributed by atoms with Gasteiger partial charge in [0.2, 0.25) is 0 Å². The van der Waals surface area contributed by atoms with Crippen molar-refractivity contribution in [1.29, 1.82) is 0 Å². The topological polar surface area (TPSA) is 60.2 Å². The molecule has 1 N–H and O–H groups in total. The number of hydrogen-bond donors (Lipinski definition) is 1. The third-order valence-corrected chi connectivity index (χ3v) is 3.68. The van der Waals surface area contributed by atoms with Gasteiger partial charge in [0.25, 0.3) is 0 Å². The monoisotopic (exact) mass is 259 g/mol. The Kier molecular flexibility index (Phi) is 3.31. The Balaban J connectivity index is 1.92. The maximum atomic E-state index is 9.33. The summed E-state index contributed by atoms with van der Waals surface area (Å²) in [6.07, 6.45) is 0.993. The molecule has 1 aliphatic rings. The van der Waals surface area contributed by atoms with E-state index in [1.807, 2.05) is 10.6 Å². The summed E-state index contributed by atoms with van der Waals surface area (Å²) in [5.74, 6) is 1.83. The van der Waals surface area contributed by atoms with Gasteiger partial charge in [-0.2, -0.15) is 0 Å². The van der Waals surface area contributed by atoms with Crippen LogP contribution in [0.4, 0.5) is 0 Å². The number of benzene rings is 1. The molecule has 0 fully saturated rings. The molecule has 1 aliphatic carbocycles. The van der Waals surface area contributed by atoms with Gasteiger partial charge in [0.1, 0.15) is 12.4 Å². The van der Waals surface area contributed by atoms with Gasteiger partial charge in [-0.25, -0.2) is 0 Å². The second kappa shape index (κ2) is 5.11. The minimum absolute atomic E-state index is 0.0922. The Morgan fingerprint density at radius 1 is 1.37 bits per heavy atom. The highest BCUT2D eigenvalue weighted by atomic mass is 16.5. The number of nitrogens with zero attached hydrogens (tertiary/aromatic N) is 3. The molecule has 2 aromatic rings. The van der Waals surface area contributed by atoms with Crippen LogP contribution in [0.25, 0.3) is 0 Å². The zero-order valence-corrected chi connectivity index (χ0v) is 10.9. The summed E-state index contributed by atoms with van der Waals surface area (Å²) in [4.78, 5) is 0. The minimum atomic E-state index is -0.0922. The van der Waals surface area contributed by atoms with Crippen molar-refractivity contribution in [3.05, 3.63) is 47.0 Å². The number of fused-ring (bicyclic) bond motifs is 1. The summed E-state index contributed by atoms with van der Waals surface area (Å²) in [7, 11) is 1.67. The highest BCUT2D eigenvalue weighted by molar-refractivity contribution is 5.44. The molecule has 0 radical (unpaired) electrons. The van der Waals surface area contributed by atoms with Crippen LogP contribution in [0.3, 0.4) is 0 Å². The van der Waals surface area contributed by atoms with Gasteiger partial charge in [0, 0.05) is 19.6 Å². The average Bonchev–Trinajstić information content (AvgIpc) is 2.80. The van der Waals surface area contributed by atoms with E-state index in [0.29, 0.717) is 24.9 Å². The maximum Gasteiger partial charge on any atom is 0.158 e. The second-order valence-electron chi connectivity index (χ2n) is 4.73. The van der Waals surface area contributed by atoms with E-state index in [4.69, 9.17) is 4.74 Å². The molecule has 100 valence electrons. The fourth-order valence-electron chi connectivity index (χ4n) is 2.64. The van der Waals surface area contributed by atoms with E-state index >= 15 is 0 Å². The molecule has 5 heteroatoms. The molecule has 0 amide bonds. The van der Waals surface area contributed by atoms with E-state index in [1.54, 1.807) is 7.11 Å². The van der Waals surface area contributed by atoms with Crippen LogP contribution in [-0.2, 0) is 24.3 Å². The van der Waals surface area contributed by atoms with Crippen LogP contribution < -0.4 is 0 Å². The molecule has 1 aromatic heterocycles. The van der Waals surface area contributed by atoms with E-state index in [2.05, 4.69) is 28.4 Å². The SMILES string of the molecule is COCCn1c(CO)nnc1C1Cc2ccccc21. The molecular weight excluding hydrogens is 242 g/mol. The van der Waals surface area contributed by atoms with Crippen molar-refractivity contribution in [2.24, 2.45) is 0 Å². The molecule has 1 atom stereocenters. The normalized spacial score (nSPS) is 17.1. The molecule has 1 unspecified atom stereocenters. The summed E-state index contributed by atoms with van der Waals surface area (Å²) in [6, 6.07) is 8.39. The van der Waals surface area contributed by atoms with Crippen molar-refractivity contribution in [2.45, 2.75) is 25.5 Å². The van der Waals surface area contributed by atoms with Crippen molar-refractivity contribution in [2.75, 3.05) is 13.7 Å². The molecule has 0 saturated carbocycles. The number of methoxy groups -OCH3 is 1. The lowest BCUT2D eigenvalue weighted by atomic mass is 9.77. The predicted octanol–water partition coefficient (Wildman–Crippen LogP) is 1.10. The molecule has 5 nitrogen and oxygen atoms in total. The molecule has 3 rings (SSSR count). The first-order valence-corrected chi connectivity index (χ1v) is 6.44. The van der Waals surface area contributed by atoms with Crippen LogP contribution in [-0.4, -0.2) is 33.6 Å². The third kappa shape index (κ3) is 2.05. The second-order valence-corrected chi connectivity index (χ2v) is 4.73. The molecule has 0 saturated heterocycles. The number of rotatable bonds is 5. The largest absolute Gasteiger partial charge is 0.388 e. The van der Waals surface area contributed by atoms with E-state index < -0.39 is 0 Å². The first kappa shape index (κ1) is 12.3. The Bertz CT molecular complexity index is 580. The van der Waals surface area contributed by atoms with Crippen molar-refractivity contribution < 1.29 is 9.84 Å². The Morgan fingerprint density at radius 3 is 2.95 bits per heavy atom. The zero-order chi connectivity index (χ0) is 13.2. The van der Waals surface area contributed by atoms with Gasteiger partial charge in [0.15, 0.2) is 5.82 Å². The first-order chi connectivity index (χ1) is 9.35. The molecule has 0 spiro atoms. The highest BCUT2D eigenvalue weighted by Gasteiger charge is 2.31. The van der Waals surface area contributed by atoms with Crippen LogP contribution in [0.15, 0.2) is 24.3 Å². The van der Waals surface area contributed by atoms with Gasteiger partial charge in [-0.3, -0.25) is 0 Å². The van der Waals surface area contributed by atoms with Crippen LogP contribution in [0.2, 0.25) is 0 Å². The number of ether oxygens (including phenoxy) is 1. The van der Waals surface area contributed by atoms with E-state index in [1.165, 1.54) is 11.1 Å². The molecule has 1 heterocycles. The lowest BCUT2D eigenvalue weighted by Crippen LogP contribution is -2.23. The van der Waals surface area contributed by atoms with Gasteiger partial charge in [-0.1, -0.05) is 24.3 Å². The lowest BCUT2D eigenvalue weighted by Gasteiger charge is -2.29. The maximum absolute atomic E-state index is 9.33. The number of aromatic nitrogens is 3. The molecule has 1 aromatic carbocycles. The summed E-state index contributed by atoms with van der Waals surface area (Å²) in [5, 5.41) is 17.7. The fourth-order valence-corrected chi connectivity index (χ4v) is 2.64. The number of hydrogen-bond acceptors (Lipinski definition) is 4. The summed E-state index contributed by atoms with van der Waals surface area (Å²) in [5.41, 5.74) is 2.69. The quantitative estimate of drug-likeness (QED) is 0.873. The molecular formula is C14H17N3O2. The van der Waals surface area contributed by atoms with Crippen LogP contribution in [0, 0.1) is 0 Å². The van der Waals surface area contributed by atoms with Gasteiger partial charge in [-0.05, 0) is 17.5 Å². The van der Waals surface area contributed by atoms with Crippen molar-refractivity contribution in [3.8, 4) is 0 Å². The standard InChI is InChI=1S/C14H17N3O2/c1-19-7-6-17-13(9-18)15-16-14(17)12-8-10-4-2-3-5-11(10)12/h2-5,12,18H,6-9H2,1H3. The Morgan fingerprint density at radius 2 is 2.21 bits per heavy atom. The van der Waals surface area contributed by atoms with E-state index in [-0.39, 0.29) is 6.61 Å². The van der Waals surface area contributed by atoms with Crippen molar-refractivity contribution in [1.82, 2.24) is 14.8 Å². The third-order valence-electron chi connectivity index (χ3n) is 3.68. The van der Waals surface area contributed by atoms with E-state index in [9.17, 15) is 5.11 Å². The van der Waals surface area contributed by atoms with E-state index in [0.717, 1.165) is 12.2 Å². The van der Waals surface area contributed by atoms with Crippen molar-refractivity contribution >= 4 is 0 Å². The molecule has 0 aliphatic heterocycles. The minimum Gasteiger partial charge on any atom is -0.388 e. The van der Waals surface area contributed by atoms with Gasteiger partial charge in [0.05, 0.1) is 6.61 Å². The summed E-state index contributed by atoms with van der Waals surface area (Å²) >= 11 is 0. The summed E-state index contributed by atoms with van der Waals surface area (Å²) < 4.78 is 7.09. The van der Waals surface area contributed by atoms with Crippen LogP contribution in [0.1, 0.15) is 28.7 Å². The Labute approximate surface area is 111 Å². The molecule has 0 bridgehead atoms. The first-order valence-electron chi connectivity index (χ1n) is 6.44. The zero-order valence-electron chi connectivity index (χ0n) is 10.9. The predicted molar refractivity (Wildman–Crippen MR) is 69.8 cm³/mol. The lowest BCUT2D eigenvalue weighted by molar-refractivity contribution is 0.181. The molecule has 19 heavy (non-hydrogen) atoms. The number of aliphatic hydroxyl groups is 1. The van der Waals surface area contributed by atoms with Gasteiger partial charge < -0.3 is 14.4 Å². The fraction of sp³-hybridized carbons (Fsp3) is 0.429. The highest BCUT2D eigenvalue weighted by Crippen LogP contribution is 2.39. The van der Waals surface area contributed by atoms with Crippen LogP contribution >= 0.6 is 0 Å². The average molecular weight is 259 g/mol. The smallest absolute Gasteiger partial charge is 0.158 e. The van der Waals surface area contributed by atoms with Crippen LogP contribution in [0.5, 0.6) is 0 Å². The number of aliphatic hydroxyl groups excluding tert-OH is 1. The summed E-state index contributed by atoms with van der Waals surface area (Å²) in [6.45, 7) is 1.17. The van der Waals surface area contributed by atoms with Gasteiger partial charge in [-0.15, -0.1) is 10.2 Å². The Hall–Kier alpha value is -1.72.